The zero-order valence-corrected chi connectivity index (χ0v) is 18.9. The molecule has 0 spiro atoms. The Balaban J connectivity index is 1.30. The highest BCUT2D eigenvalue weighted by molar-refractivity contribution is 5.82. The first-order valence-corrected chi connectivity index (χ1v) is 10.8. The number of carbonyl (C=O) groups is 1. The van der Waals surface area contributed by atoms with Crippen LogP contribution >= 0.6 is 0 Å². The topological polar surface area (TPSA) is 104 Å². The Morgan fingerprint density at radius 1 is 1.06 bits per heavy atom. The van der Waals surface area contributed by atoms with Crippen LogP contribution in [0.5, 0.6) is 0 Å². The monoisotopic (exact) mass is 443 g/mol. The SMILES string of the molecule is Cc1cc(-c2ncc(CNc3nnc4cc(N5CCN(C)C(=O)C5)ncn34)cc2C)ccn1. The first kappa shape index (κ1) is 20.8. The zero-order valence-electron chi connectivity index (χ0n) is 18.9. The van der Waals surface area contributed by atoms with E-state index in [-0.39, 0.29) is 5.91 Å². The number of rotatable bonds is 5. The number of nitrogens with one attached hydrogen (secondary N) is 1. The van der Waals surface area contributed by atoms with Gasteiger partial charge in [-0.3, -0.25) is 19.2 Å². The number of piperazine rings is 1. The van der Waals surface area contributed by atoms with Gasteiger partial charge in [-0.25, -0.2) is 4.98 Å². The van der Waals surface area contributed by atoms with Gasteiger partial charge >= 0.3 is 0 Å². The highest BCUT2D eigenvalue weighted by Crippen LogP contribution is 2.22. The summed E-state index contributed by atoms with van der Waals surface area (Å²) in [7, 11) is 1.82. The third kappa shape index (κ3) is 4.19. The maximum absolute atomic E-state index is 12.0. The van der Waals surface area contributed by atoms with Crippen molar-refractivity contribution in [2.45, 2.75) is 20.4 Å². The molecule has 0 saturated carbocycles. The van der Waals surface area contributed by atoms with Crippen LogP contribution in [-0.4, -0.2) is 67.0 Å². The van der Waals surface area contributed by atoms with Gasteiger partial charge in [-0.05, 0) is 37.1 Å². The molecule has 0 aliphatic carbocycles. The Hall–Kier alpha value is -4.08. The molecule has 0 radical (unpaired) electrons. The number of amides is 1. The zero-order chi connectivity index (χ0) is 22.9. The number of hydrogen-bond acceptors (Lipinski definition) is 8. The van der Waals surface area contributed by atoms with Crippen molar-refractivity contribution in [2.75, 3.05) is 36.9 Å². The predicted molar refractivity (Wildman–Crippen MR) is 125 cm³/mol. The van der Waals surface area contributed by atoms with Crippen molar-refractivity contribution in [3.05, 3.63) is 59.8 Å². The van der Waals surface area contributed by atoms with E-state index in [1.165, 1.54) is 0 Å². The molecule has 10 heteroatoms. The molecule has 0 aromatic carbocycles. The fourth-order valence-electron chi connectivity index (χ4n) is 3.94. The molecule has 1 fully saturated rings. The van der Waals surface area contributed by atoms with Crippen LogP contribution in [0.25, 0.3) is 16.9 Å². The van der Waals surface area contributed by atoms with Gasteiger partial charge in [-0.1, -0.05) is 6.07 Å². The number of pyridine rings is 2. The molecule has 5 rings (SSSR count). The maximum Gasteiger partial charge on any atom is 0.241 e. The van der Waals surface area contributed by atoms with Crippen molar-refractivity contribution in [3.8, 4) is 11.3 Å². The number of fused-ring (bicyclic) bond motifs is 1. The average Bonchev–Trinajstić information content (AvgIpc) is 3.22. The van der Waals surface area contributed by atoms with Crippen LogP contribution in [0.15, 0.2) is 43.0 Å². The Morgan fingerprint density at radius 3 is 2.73 bits per heavy atom. The highest BCUT2D eigenvalue weighted by Gasteiger charge is 2.22. The Labute approximate surface area is 191 Å². The lowest BCUT2D eigenvalue weighted by Gasteiger charge is -2.32. The van der Waals surface area contributed by atoms with E-state index in [1.54, 1.807) is 21.8 Å². The van der Waals surface area contributed by atoms with Crippen molar-refractivity contribution in [1.29, 1.82) is 0 Å². The molecule has 0 bridgehead atoms. The van der Waals surface area contributed by atoms with E-state index < -0.39 is 0 Å². The summed E-state index contributed by atoms with van der Waals surface area (Å²) in [6.45, 7) is 6.33. The summed E-state index contributed by atoms with van der Waals surface area (Å²) < 4.78 is 1.80. The van der Waals surface area contributed by atoms with Gasteiger partial charge in [-0.2, -0.15) is 0 Å². The largest absolute Gasteiger partial charge is 0.350 e. The van der Waals surface area contributed by atoms with Crippen LogP contribution in [0.1, 0.15) is 16.8 Å². The van der Waals surface area contributed by atoms with Crippen molar-refractivity contribution in [3.63, 3.8) is 0 Å². The molecule has 4 aromatic heterocycles. The van der Waals surface area contributed by atoms with Crippen molar-refractivity contribution < 1.29 is 4.79 Å². The first-order chi connectivity index (χ1) is 16.0. The van der Waals surface area contributed by atoms with Gasteiger partial charge in [0, 0.05) is 56.4 Å². The molecule has 5 heterocycles. The van der Waals surface area contributed by atoms with Crippen LogP contribution in [0.4, 0.5) is 11.8 Å². The molecule has 0 unspecified atom stereocenters. The van der Waals surface area contributed by atoms with Gasteiger partial charge < -0.3 is 15.1 Å². The molecule has 1 amide bonds. The lowest BCUT2D eigenvalue weighted by molar-refractivity contribution is -0.129. The van der Waals surface area contributed by atoms with E-state index >= 15 is 0 Å². The normalized spacial score (nSPS) is 14.2. The van der Waals surface area contributed by atoms with Gasteiger partial charge in [0.2, 0.25) is 11.9 Å². The minimum Gasteiger partial charge on any atom is -0.350 e. The van der Waals surface area contributed by atoms with Gasteiger partial charge in [0.25, 0.3) is 0 Å². The van der Waals surface area contributed by atoms with Crippen LogP contribution in [0.2, 0.25) is 0 Å². The summed E-state index contributed by atoms with van der Waals surface area (Å²) in [5.41, 5.74) is 5.79. The van der Waals surface area contributed by atoms with Crippen molar-refractivity contribution >= 4 is 23.3 Å². The number of nitrogens with zero attached hydrogens (tertiary/aromatic N) is 8. The minimum absolute atomic E-state index is 0.0840. The second-order valence-electron chi connectivity index (χ2n) is 8.28. The van der Waals surface area contributed by atoms with E-state index in [9.17, 15) is 4.79 Å². The van der Waals surface area contributed by atoms with E-state index in [1.807, 2.05) is 43.3 Å². The number of anilines is 2. The lowest BCUT2D eigenvalue weighted by atomic mass is 10.1. The molecule has 0 atom stereocenters. The molecule has 168 valence electrons. The van der Waals surface area contributed by atoms with Crippen LogP contribution in [0, 0.1) is 13.8 Å². The van der Waals surface area contributed by atoms with Crippen LogP contribution in [-0.2, 0) is 11.3 Å². The summed E-state index contributed by atoms with van der Waals surface area (Å²) in [5, 5.41) is 11.8. The highest BCUT2D eigenvalue weighted by atomic mass is 16.2. The summed E-state index contributed by atoms with van der Waals surface area (Å²) in [4.78, 5) is 29.2. The van der Waals surface area contributed by atoms with E-state index in [0.29, 0.717) is 31.2 Å². The molecule has 1 aliphatic rings. The average molecular weight is 444 g/mol. The molecule has 33 heavy (non-hydrogen) atoms. The molecule has 10 nitrogen and oxygen atoms in total. The second-order valence-corrected chi connectivity index (χ2v) is 8.28. The Bertz CT molecular complexity index is 1330. The second kappa shape index (κ2) is 8.45. The molecule has 1 saturated heterocycles. The van der Waals surface area contributed by atoms with E-state index in [2.05, 4.69) is 43.5 Å². The number of hydrogen-bond donors (Lipinski definition) is 1. The minimum atomic E-state index is 0.0840. The molecule has 1 N–H and O–H groups in total. The quantitative estimate of drug-likeness (QED) is 0.500. The number of aryl methyl sites for hydroxylation is 2. The van der Waals surface area contributed by atoms with Gasteiger partial charge in [-0.15, -0.1) is 10.2 Å². The lowest BCUT2D eigenvalue weighted by Crippen LogP contribution is -2.48. The summed E-state index contributed by atoms with van der Waals surface area (Å²) >= 11 is 0. The number of likely N-dealkylation sites (N-methyl/N-ethyl adjacent to an activating group) is 1. The molecular weight excluding hydrogens is 418 g/mol. The molecule has 4 aromatic rings. The van der Waals surface area contributed by atoms with Gasteiger partial charge in [0.15, 0.2) is 5.65 Å². The first-order valence-electron chi connectivity index (χ1n) is 10.8. The van der Waals surface area contributed by atoms with Gasteiger partial charge in [0.1, 0.15) is 12.1 Å². The predicted octanol–water partition coefficient (Wildman–Crippen LogP) is 2.09. The summed E-state index contributed by atoms with van der Waals surface area (Å²) in [6.07, 6.45) is 5.36. The van der Waals surface area contributed by atoms with Crippen molar-refractivity contribution in [2.24, 2.45) is 0 Å². The fourth-order valence-corrected chi connectivity index (χ4v) is 3.94. The van der Waals surface area contributed by atoms with Gasteiger partial charge in [0.05, 0.1) is 12.2 Å². The van der Waals surface area contributed by atoms with Crippen LogP contribution < -0.4 is 10.2 Å². The van der Waals surface area contributed by atoms with Crippen molar-refractivity contribution in [1.82, 2.24) is 34.4 Å². The fraction of sp³-hybridized carbons (Fsp3) is 0.304. The van der Waals surface area contributed by atoms with E-state index in [4.69, 9.17) is 0 Å². The smallest absolute Gasteiger partial charge is 0.241 e. The Kier molecular flexibility index (Phi) is 5.33. The maximum atomic E-state index is 12.0. The number of carbonyl (C=O) groups excluding carboxylic acids is 1. The standard InChI is InChI=1S/C23H25N9O/c1-15-8-17(11-25-22(15)18-4-5-24-16(2)9-18)12-26-23-29-28-20-10-19(27-14-32(20)23)31-7-6-30(3)21(33)13-31/h4-5,8-11,14H,6-7,12-13H2,1-3H3,(H,26,29). The van der Waals surface area contributed by atoms with E-state index in [0.717, 1.165) is 40.4 Å². The third-order valence-corrected chi connectivity index (χ3v) is 5.82. The summed E-state index contributed by atoms with van der Waals surface area (Å²) in [6, 6.07) is 7.99. The molecular formula is C23H25N9O. The third-order valence-electron chi connectivity index (χ3n) is 5.82. The number of aromatic nitrogens is 6. The van der Waals surface area contributed by atoms with Crippen LogP contribution in [0.3, 0.4) is 0 Å². The molecule has 1 aliphatic heterocycles. The summed E-state index contributed by atoms with van der Waals surface area (Å²) in [5.74, 6) is 1.41. The Morgan fingerprint density at radius 2 is 1.94 bits per heavy atom.